The van der Waals surface area contributed by atoms with E-state index in [1.165, 1.54) is 23.5 Å². The van der Waals surface area contributed by atoms with E-state index in [1.54, 1.807) is 18.2 Å². The fourth-order valence-electron chi connectivity index (χ4n) is 1.67. The van der Waals surface area contributed by atoms with Crippen molar-refractivity contribution in [2.24, 2.45) is 0 Å². The second-order valence-electron chi connectivity index (χ2n) is 4.31. The van der Waals surface area contributed by atoms with Crippen molar-refractivity contribution in [3.05, 3.63) is 46.7 Å². The van der Waals surface area contributed by atoms with Gasteiger partial charge in [-0.3, -0.25) is 0 Å². The maximum Gasteiger partial charge on any atom is 0.319 e. The molecule has 1 heterocycles. The Kier molecular flexibility index (Phi) is 6.17. The average Bonchev–Trinajstić information content (AvgIpc) is 3.00. The van der Waals surface area contributed by atoms with Crippen LogP contribution in [-0.4, -0.2) is 23.4 Å². The summed E-state index contributed by atoms with van der Waals surface area (Å²) in [4.78, 5) is 12.1. The quantitative estimate of drug-likeness (QED) is 0.696. The summed E-state index contributed by atoms with van der Waals surface area (Å²) in [6, 6.07) is 7.41. The van der Waals surface area contributed by atoms with Crippen LogP contribution in [-0.2, 0) is 0 Å². The molecule has 1 atom stereocenters. The highest BCUT2D eigenvalue weighted by molar-refractivity contribution is 7.99. The van der Waals surface area contributed by atoms with E-state index in [9.17, 15) is 18.7 Å². The molecule has 0 aliphatic heterocycles. The van der Waals surface area contributed by atoms with Crippen LogP contribution in [0.3, 0.4) is 0 Å². The summed E-state index contributed by atoms with van der Waals surface area (Å²) in [5.74, 6) is -2.47. The Morgan fingerprint density at radius 3 is 2.59 bits per heavy atom. The Balaban J connectivity index is 1.79. The normalized spacial score (nSPS) is 12.2. The van der Waals surface area contributed by atoms with Crippen molar-refractivity contribution in [3.8, 4) is 0 Å². The van der Waals surface area contributed by atoms with E-state index in [4.69, 9.17) is 0 Å². The number of urea groups is 1. The first-order chi connectivity index (χ1) is 10.5. The van der Waals surface area contributed by atoms with Crippen molar-refractivity contribution in [2.75, 3.05) is 11.9 Å². The van der Waals surface area contributed by atoms with Gasteiger partial charge in [-0.1, -0.05) is 11.8 Å². The summed E-state index contributed by atoms with van der Waals surface area (Å²) < 4.78 is 24.4. The van der Waals surface area contributed by atoms with Gasteiger partial charge in [-0.15, -0.1) is 0 Å². The first kappa shape index (κ1) is 16.7. The van der Waals surface area contributed by atoms with Crippen molar-refractivity contribution in [2.45, 2.75) is 16.8 Å². The number of carbonyl (C=O) groups is 1. The van der Waals surface area contributed by atoms with E-state index in [-0.39, 0.29) is 6.54 Å². The van der Waals surface area contributed by atoms with Crippen molar-refractivity contribution in [1.82, 2.24) is 5.32 Å². The molecule has 2 aromatic rings. The third-order valence-corrected chi connectivity index (χ3v) is 4.15. The summed E-state index contributed by atoms with van der Waals surface area (Å²) in [7, 11) is 0. The molecule has 0 saturated heterocycles. The number of aliphatic hydroxyl groups excluding tert-OH is 1. The average molecular weight is 344 g/mol. The Labute approximate surface area is 134 Å². The maximum absolute atomic E-state index is 12.2. The van der Waals surface area contributed by atoms with Gasteiger partial charge in [0, 0.05) is 17.1 Å². The molecule has 0 aliphatic rings. The van der Waals surface area contributed by atoms with Gasteiger partial charge < -0.3 is 15.7 Å². The van der Waals surface area contributed by atoms with E-state index in [1.807, 2.05) is 10.8 Å². The minimum absolute atomic E-state index is 0.0852. The molecule has 1 aromatic carbocycles. The summed E-state index contributed by atoms with van der Waals surface area (Å²) in [5.41, 5.74) is 1.24. The molecular weight excluding hydrogens is 330 g/mol. The number of halogens is 2. The molecule has 1 unspecified atom stereocenters. The molecule has 0 aliphatic carbocycles. The third kappa shape index (κ3) is 5.28. The second-order valence-corrected chi connectivity index (χ2v) is 6.15. The van der Waals surface area contributed by atoms with Crippen LogP contribution >= 0.6 is 23.1 Å². The highest BCUT2D eigenvalue weighted by Gasteiger charge is 2.10. The lowest BCUT2D eigenvalue weighted by atomic mass is 10.2. The first-order valence-corrected chi connectivity index (χ1v) is 8.16. The zero-order valence-electron chi connectivity index (χ0n) is 11.3. The lowest BCUT2D eigenvalue weighted by molar-refractivity contribution is 0.175. The molecule has 0 bridgehead atoms. The molecule has 8 heteroatoms. The van der Waals surface area contributed by atoms with Crippen LogP contribution in [0.25, 0.3) is 0 Å². The van der Waals surface area contributed by atoms with E-state index in [2.05, 4.69) is 10.6 Å². The first-order valence-electron chi connectivity index (χ1n) is 6.34. The monoisotopic (exact) mass is 344 g/mol. The number of alkyl halides is 2. The molecule has 2 rings (SSSR count). The maximum atomic E-state index is 12.2. The smallest absolute Gasteiger partial charge is 0.319 e. The highest BCUT2D eigenvalue weighted by atomic mass is 32.2. The van der Waals surface area contributed by atoms with Gasteiger partial charge in [0.25, 0.3) is 5.76 Å². The van der Waals surface area contributed by atoms with Gasteiger partial charge in [0.1, 0.15) is 0 Å². The molecule has 2 amide bonds. The van der Waals surface area contributed by atoms with Gasteiger partial charge in [0.15, 0.2) is 0 Å². The zero-order chi connectivity index (χ0) is 15.9. The summed E-state index contributed by atoms with van der Waals surface area (Å²) in [6.45, 7) is 0.0852. The van der Waals surface area contributed by atoms with Crippen molar-refractivity contribution in [1.29, 1.82) is 0 Å². The second kappa shape index (κ2) is 8.11. The van der Waals surface area contributed by atoms with Crippen LogP contribution in [0.1, 0.15) is 11.7 Å². The lowest BCUT2D eigenvalue weighted by Crippen LogP contribution is -2.32. The van der Waals surface area contributed by atoms with Gasteiger partial charge in [0.05, 0.1) is 6.10 Å². The zero-order valence-corrected chi connectivity index (χ0v) is 13.0. The summed E-state index contributed by atoms with van der Waals surface area (Å²) in [6.07, 6.45) is -0.762. The van der Waals surface area contributed by atoms with E-state index in [0.717, 1.165) is 5.56 Å². The number of thioether (sulfide) groups is 1. The number of hydrogen-bond acceptors (Lipinski definition) is 4. The molecule has 0 radical (unpaired) electrons. The van der Waals surface area contributed by atoms with Crippen LogP contribution in [0.4, 0.5) is 19.3 Å². The summed E-state index contributed by atoms with van der Waals surface area (Å²) >= 11 is 1.91. The Bertz CT molecular complexity index is 591. The molecule has 22 heavy (non-hydrogen) atoms. The van der Waals surface area contributed by atoms with Gasteiger partial charge in [0.2, 0.25) is 0 Å². The number of aliphatic hydroxyl groups is 1. The number of rotatable bonds is 6. The van der Waals surface area contributed by atoms with Gasteiger partial charge in [-0.05, 0) is 46.7 Å². The highest BCUT2D eigenvalue weighted by Crippen LogP contribution is 2.26. The Morgan fingerprint density at radius 1 is 1.27 bits per heavy atom. The van der Waals surface area contributed by atoms with Crippen LogP contribution in [0.2, 0.25) is 0 Å². The minimum atomic E-state index is -2.47. The SMILES string of the molecule is O=C(NCC(O)c1ccsc1)Nc1ccc(SC(F)F)cc1. The van der Waals surface area contributed by atoms with Gasteiger partial charge in [-0.25, -0.2) is 4.79 Å². The largest absolute Gasteiger partial charge is 0.387 e. The number of benzene rings is 1. The van der Waals surface area contributed by atoms with E-state index in [0.29, 0.717) is 22.3 Å². The Hall–Kier alpha value is -1.64. The van der Waals surface area contributed by atoms with Gasteiger partial charge >= 0.3 is 6.03 Å². The number of anilines is 1. The predicted octanol–water partition coefficient (Wildman–Crippen LogP) is 3.92. The van der Waals surface area contributed by atoms with Crippen molar-refractivity contribution >= 4 is 34.8 Å². The topological polar surface area (TPSA) is 61.4 Å². The molecule has 0 spiro atoms. The fourth-order valence-corrected chi connectivity index (χ4v) is 2.87. The molecule has 0 fully saturated rings. The number of hydrogen-bond donors (Lipinski definition) is 3. The lowest BCUT2D eigenvalue weighted by Gasteiger charge is -2.11. The molecule has 1 aromatic heterocycles. The molecular formula is C14H14F2N2O2S2. The van der Waals surface area contributed by atoms with Crippen LogP contribution in [0.15, 0.2) is 46.0 Å². The minimum Gasteiger partial charge on any atom is -0.387 e. The Morgan fingerprint density at radius 2 is 2.00 bits per heavy atom. The van der Waals surface area contributed by atoms with Crippen LogP contribution in [0.5, 0.6) is 0 Å². The number of carbonyl (C=O) groups excluding carboxylic acids is 1. The number of nitrogens with one attached hydrogen (secondary N) is 2. The van der Waals surface area contributed by atoms with Crippen LogP contribution in [0, 0.1) is 0 Å². The molecule has 118 valence electrons. The number of thiophene rings is 1. The number of amides is 2. The third-order valence-electron chi connectivity index (χ3n) is 2.72. The standard InChI is InChI=1S/C14H14F2N2O2S2/c15-13(16)22-11-3-1-10(2-4-11)18-14(20)17-7-12(19)9-5-6-21-8-9/h1-6,8,12-13,19H,7H2,(H2,17,18,20). The van der Waals surface area contributed by atoms with Gasteiger partial charge in [-0.2, -0.15) is 20.1 Å². The predicted molar refractivity (Wildman–Crippen MR) is 84.6 cm³/mol. The molecule has 3 N–H and O–H groups in total. The molecule has 4 nitrogen and oxygen atoms in total. The van der Waals surface area contributed by atoms with E-state index < -0.39 is 17.9 Å². The summed E-state index contributed by atoms with van der Waals surface area (Å²) in [5, 5.41) is 18.6. The van der Waals surface area contributed by atoms with E-state index >= 15 is 0 Å². The van der Waals surface area contributed by atoms with Crippen LogP contribution < -0.4 is 10.6 Å². The van der Waals surface area contributed by atoms with Crippen molar-refractivity contribution in [3.63, 3.8) is 0 Å². The fraction of sp³-hybridized carbons (Fsp3) is 0.214. The van der Waals surface area contributed by atoms with Crippen molar-refractivity contribution < 1.29 is 18.7 Å². The molecule has 0 saturated carbocycles.